The van der Waals surface area contributed by atoms with Crippen molar-refractivity contribution < 1.29 is 13.2 Å². The minimum Gasteiger partial charge on any atom is -0.354 e. The topological polar surface area (TPSA) is 63.2 Å². The molecule has 122 valence electrons. The maximum absolute atomic E-state index is 12.2. The van der Waals surface area contributed by atoms with Crippen molar-refractivity contribution >= 4 is 15.7 Å². The molecule has 2 rings (SSSR count). The number of benzene rings is 1. The molecule has 0 spiro atoms. The van der Waals surface area contributed by atoms with Gasteiger partial charge >= 0.3 is 0 Å². The van der Waals surface area contributed by atoms with Gasteiger partial charge in [-0.25, -0.2) is 8.42 Å². The van der Waals surface area contributed by atoms with E-state index in [9.17, 15) is 13.2 Å². The van der Waals surface area contributed by atoms with Gasteiger partial charge < -0.3 is 5.32 Å². The third-order valence-electron chi connectivity index (χ3n) is 4.69. The standard InChI is InChI=1S/C17H25NO3S/c1-12(2)22(20,21)14(4)16(19)18-11-17(9-10-17)15-8-6-5-7-13(15)3/h5-8,12,14H,9-11H2,1-4H3,(H,18,19)/t14-/m0/s1. The first-order valence-corrected chi connectivity index (χ1v) is 9.38. The van der Waals surface area contributed by atoms with Crippen molar-refractivity contribution in [3.8, 4) is 0 Å². The number of sulfone groups is 1. The van der Waals surface area contributed by atoms with Gasteiger partial charge in [0.05, 0.1) is 5.25 Å². The van der Waals surface area contributed by atoms with Crippen LogP contribution in [0.3, 0.4) is 0 Å². The van der Waals surface area contributed by atoms with Crippen LogP contribution < -0.4 is 5.32 Å². The maximum atomic E-state index is 12.2. The van der Waals surface area contributed by atoms with E-state index in [-0.39, 0.29) is 5.41 Å². The normalized spacial score (nSPS) is 18.0. The second-order valence-electron chi connectivity index (χ2n) is 6.59. The largest absolute Gasteiger partial charge is 0.354 e. The molecule has 1 aliphatic carbocycles. The van der Waals surface area contributed by atoms with Gasteiger partial charge in [-0.05, 0) is 51.7 Å². The molecule has 1 saturated carbocycles. The Bertz CT molecular complexity index is 660. The highest BCUT2D eigenvalue weighted by molar-refractivity contribution is 7.93. The van der Waals surface area contributed by atoms with Crippen molar-refractivity contribution in [3.05, 3.63) is 35.4 Å². The number of aryl methyl sites for hydroxylation is 1. The smallest absolute Gasteiger partial charge is 0.238 e. The molecular weight excluding hydrogens is 298 g/mol. The van der Waals surface area contributed by atoms with Crippen molar-refractivity contribution in [1.82, 2.24) is 5.32 Å². The highest BCUT2D eigenvalue weighted by Crippen LogP contribution is 2.48. The molecule has 1 amide bonds. The van der Waals surface area contributed by atoms with Crippen LogP contribution in [0.5, 0.6) is 0 Å². The number of carbonyl (C=O) groups is 1. The SMILES string of the molecule is Cc1ccccc1C1(CNC(=O)[C@H](C)S(=O)(=O)C(C)C)CC1. The zero-order valence-corrected chi connectivity index (χ0v) is 14.5. The lowest BCUT2D eigenvalue weighted by Crippen LogP contribution is -2.43. The molecule has 0 aliphatic heterocycles. The van der Waals surface area contributed by atoms with Crippen molar-refractivity contribution in [2.24, 2.45) is 0 Å². The van der Waals surface area contributed by atoms with E-state index in [1.54, 1.807) is 13.8 Å². The second kappa shape index (κ2) is 6.03. The van der Waals surface area contributed by atoms with Crippen LogP contribution in [0, 0.1) is 6.92 Å². The lowest BCUT2D eigenvalue weighted by Gasteiger charge is -2.21. The first-order chi connectivity index (χ1) is 10.2. The second-order valence-corrected chi connectivity index (χ2v) is 9.42. The van der Waals surface area contributed by atoms with Gasteiger partial charge in [-0.3, -0.25) is 4.79 Å². The van der Waals surface area contributed by atoms with E-state index in [0.717, 1.165) is 12.8 Å². The van der Waals surface area contributed by atoms with E-state index in [4.69, 9.17) is 0 Å². The predicted molar refractivity (Wildman–Crippen MR) is 88.6 cm³/mol. The fraction of sp³-hybridized carbons (Fsp3) is 0.588. The van der Waals surface area contributed by atoms with E-state index in [0.29, 0.717) is 6.54 Å². The number of amides is 1. The molecule has 0 bridgehead atoms. The molecule has 0 unspecified atom stereocenters. The molecule has 0 saturated heterocycles. The summed E-state index contributed by atoms with van der Waals surface area (Å²) in [5.74, 6) is -0.395. The fourth-order valence-electron chi connectivity index (χ4n) is 2.82. The molecule has 5 heteroatoms. The summed E-state index contributed by atoms with van der Waals surface area (Å²) in [6.07, 6.45) is 2.06. The third-order valence-corrected chi connectivity index (χ3v) is 7.20. The average Bonchev–Trinajstić information content (AvgIpc) is 3.25. The molecule has 0 aromatic heterocycles. The minimum atomic E-state index is -3.41. The first-order valence-electron chi connectivity index (χ1n) is 7.77. The van der Waals surface area contributed by atoms with Crippen LogP contribution in [0.2, 0.25) is 0 Å². The first kappa shape index (κ1) is 17.0. The zero-order valence-electron chi connectivity index (χ0n) is 13.7. The fourth-order valence-corrected chi connectivity index (χ4v) is 4.02. The number of carbonyl (C=O) groups excluding carboxylic acids is 1. The number of hydrogen-bond donors (Lipinski definition) is 1. The Balaban J connectivity index is 2.05. The van der Waals surface area contributed by atoms with Crippen molar-refractivity contribution in [3.63, 3.8) is 0 Å². The lowest BCUT2D eigenvalue weighted by atomic mass is 9.92. The summed E-state index contributed by atoms with van der Waals surface area (Å²) in [6, 6.07) is 8.19. The lowest BCUT2D eigenvalue weighted by molar-refractivity contribution is -0.120. The Morgan fingerprint density at radius 2 is 1.82 bits per heavy atom. The maximum Gasteiger partial charge on any atom is 0.238 e. The van der Waals surface area contributed by atoms with Gasteiger partial charge in [0.25, 0.3) is 0 Å². The van der Waals surface area contributed by atoms with E-state index >= 15 is 0 Å². The Hall–Kier alpha value is -1.36. The van der Waals surface area contributed by atoms with Gasteiger partial charge in [0, 0.05) is 12.0 Å². The van der Waals surface area contributed by atoms with Crippen molar-refractivity contribution in [1.29, 1.82) is 0 Å². The van der Waals surface area contributed by atoms with E-state index in [1.165, 1.54) is 18.1 Å². The summed E-state index contributed by atoms with van der Waals surface area (Å²) in [5.41, 5.74) is 2.47. The monoisotopic (exact) mass is 323 g/mol. The van der Waals surface area contributed by atoms with Crippen molar-refractivity contribution in [2.45, 2.75) is 56.5 Å². The molecule has 1 aliphatic rings. The molecule has 4 nitrogen and oxygen atoms in total. The molecule has 1 aromatic rings. The van der Waals surface area contributed by atoms with Gasteiger partial charge in [0.1, 0.15) is 5.25 Å². The summed E-state index contributed by atoms with van der Waals surface area (Å²) in [4.78, 5) is 12.2. The van der Waals surface area contributed by atoms with Crippen LogP contribution in [0.4, 0.5) is 0 Å². The van der Waals surface area contributed by atoms with Crippen LogP contribution in [0.1, 0.15) is 44.7 Å². The van der Waals surface area contributed by atoms with E-state index in [2.05, 4.69) is 24.4 Å². The molecule has 1 atom stereocenters. The van der Waals surface area contributed by atoms with E-state index in [1.807, 2.05) is 12.1 Å². The van der Waals surface area contributed by atoms with Gasteiger partial charge in [0.2, 0.25) is 5.91 Å². The molecule has 0 heterocycles. The van der Waals surface area contributed by atoms with Crippen LogP contribution >= 0.6 is 0 Å². The molecule has 1 N–H and O–H groups in total. The minimum absolute atomic E-state index is 0.0116. The molecular formula is C17H25NO3S. The summed E-state index contributed by atoms with van der Waals surface area (Å²) in [6.45, 7) is 7.26. The summed E-state index contributed by atoms with van der Waals surface area (Å²) in [5, 5.41) is 1.31. The Morgan fingerprint density at radius 1 is 1.23 bits per heavy atom. The van der Waals surface area contributed by atoms with Gasteiger partial charge in [-0.15, -0.1) is 0 Å². The van der Waals surface area contributed by atoms with Crippen LogP contribution in [0.25, 0.3) is 0 Å². The average molecular weight is 323 g/mol. The van der Waals surface area contributed by atoms with Crippen LogP contribution in [0.15, 0.2) is 24.3 Å². The predicted octanol–water partition coefficient (Wildman–Crippen LogP) is 2.35. The van der Waals surface area contributed by atoms with E-state index < -0.39 is 26.2 Å². The number of hydrogen-bond acceptors (Lipinski definition) is 3. The zero-order chi connectivity index (χ0) is 16.5. The quantitative estimate of drug-likeness (QED) is 0.874. The Morgan fingerprint density at radius 3 is 2.32 bits per heavy atom. The number of nitrogens with one attached hydrogen (secondary N) is 1. The summed E-state index contributed by atoms with van der Waals surface area (Å²) < 4.78 is 24.2. The number of rotatable bonds is 6. The molecule has 1 fully saturated rings. The van der Waals surface area contributed by atoms with Gasteiger partial charge in [0.15, 0.2) is 9.84 Å². The molecule has 22 heavy (non-hydrogen) atoms. The van der Waals surface area contributed by atoms with Gasteiger partial charge in [-0.1, -0.05) is 24.3 Å². The highest BCUT2D eigenvalue weighted by Gasteiger charge is 2.45. The molecule has 1 aromatic carbocycles. The summed E-state index contributed by atoms with van der Waals surface area (Å²) in [7, 11) is -3.41. The summed E-state index contributed by atoms with van der Waals surface area (Å²) >= 11 is 0. The van der Waals surface area contributed by atoms with Crippen molar-refractivity contribution in [2.75, 3.05) is 6.54 Å². The highest BCUT2D eigenvalue weighted by atomic mass is 32.2. The van der Waals surface area contributed by atoms with Crippen LogP contribution in [-0.2, 0) is 20.0 Å². The Kier molecular flexibility index (Phi) is 4.66. The van der Waals surface area contributed by atoms with Crippen LogP contribution in [-0.4, -0.2) is 31.4 Å². The molecule has 0 radical (unpaired) electrons. The Labute approximate surface area is 133 Å². The third kappa shape index (κ3) is 3.19. The van der Waals surface area contributed by atoms with Gasteiger partial charge in [-0.2, -0.15) is 0 Å².